The molecule has 0 aliphatic carbocycles. The Bertz CT molecular complexity index is 971. The fraction of sp³-hybridized carbons (Fsp3) is 0.150. The predicted molar refractivity (Wildman–Crippen MR) is 114 cm³/mol. The highest BCUT2D eigenvalue weighted by molar-refractivity contribution is 9.11. The zero-order valence-electron chi connectivity index (χ0n) is 14.8. The van der Waals surface area contributed by atoms with Gasteiger partial charge in [-0.05, 0) is 67.8 Å². The zero-order chi connectivity index (χ0) is 20.1. The summed E-state index contributed by atoms with van der Waals surface area (Å²) in [5.74, 6) is -0.398. The summed E-state index contributed by atoms with van der Waals surface area (Å²) < 4.78 is 33.8. The van der Waals surface area contributed by atoms with Gasteiger partial charge in [-0.3, -0.25) is 0 Å². The summed E-state index contributed by atoms with van der Waals surface area (Å²) in [4.78, 5) is 4.93. The standard InChI is InChI=1S/C20H16Br2F2N2OS/c1-27-14-5-2-12(3-6-14)10-25-11-18-15(21)9-16(22)20(26-18)28-19-7-4-13(23)8-17(19)24/h2-9,25H,10-11H2,1H3. The number of hydrogen-bond donors (Lipinski definition) is 1. The summed E-state index contributed by atoms with van der Waals surface area (Å²) in [5, 5.41) is 3.95. The number of pyridine rings is 1. The fourth-order valence-corrected chi connectivity index (χ4v) is 4.55. The molecule has 3 rings (SSSR count). The van der Waals surface area contributed by atoms with Crippen molar-refractivity contribution in [2.75, 3.05) is 7.11 Å². The molecule has 1 N–H and O–H groups in total. The van der Waals surface area contributed by atoms with E-state index in [0.717, 1.165) is 43.8 Å². The largest absolute Gasteiger partial charge is 0.497 e. The molecule has 0 unspecified atom stereocenters. The normalized spacial score (nSPS) is 10.9. The monoisotopic (exact) mass is 528 g/mol. The molecule has 0 aliphatic heterocycles. The molecule has 0 aliphatic rings. The van der Waals surface area contributed by atoms with E-state index < -0.39 is 11.6 Å². The Kier molecular flexibility index (Phi) is 7.45. The van der Waals surface area contributed by atoms with Gasteiger partial charge in [0.05, 0.1) is 17.3 Å². The Morgan fingerprint density at radius 2 is 1.75 bits per heavy atom. The van der Waals surface area contributed by atoms with Gasteiger partial charge in [-0.1, -0.05) is 23.9 Å². The van der Waals surface area contributed by atoms with E-state index in [9.17, 15) is 8.78 Å². The van der Waals surface area contributed by atoms with Crippen molar-refractivity contribution >= 4 is 43.6 Å². The van der Waals surface area contributed by atoms with Gasteiger partial charge in [-0.15, -0.1) is 0 Å². The van der Waals surface area contributed by atoms with Crippen molar-refractivity contribution in [3.05, 3.63) is 80.4 Å². The lowest BCUT2D eigenvalue weighted by Gasteiger charge is -2.11. The van der Waals surface area contributed by atoms with Gasteiger partial charge >= 0.3 is 0 Å². The lowest BCUT2D eigenvalue weighted by atomic mass is 10.2. The fourth-order valence-electron chi connectivity index (χ4n) is 2.41. The van der Waals surface area contributed by atoms with Crippen molar-refractivity contribution in [3.63, 3.8) is 0 Å². The molecule has 2 aromatic carbocycles. The second-order valence-electron chi connectivity index (χ2n) is 5.83. The number of hydrogen-bond acceptors (Lipinski definition) is 4. The smallest absolute Gasteiger partial charge is 0.140 e. The summed E-state index contributed by atoms with van der Waals surface area (Å²) in [6.45, 7) is 1.20. The average Bonchev–Trinajstić information content (AvgIpc) is 2.67. The van der Waals surface area contributed by atoms with Crippen LogP contribution in [0.15, 0.2) is 67.4 Å². The van der Waals surface area contributed by atoms with Crippen LogP contribution in [-0.2, 0) is 13.1 Å². The van der Waals surface area contributed by atoms with Crippen LogP contribution in [0.3, 0.4) is 0 Å². The molecule has 1 aromatic heterocycles. The Morgan fingerprint density at radius 1 is 1.00 bits per heavy atom. The summed E-state index contributed by atoms with van der Waals surface area (Å²) in [6, 6.07) is 13.2. The molecule has 0 amide bonds. The van der Waals surface area contributed by atoms with Gasteiger partial charge in [0.25, 0.3) is 0 Å². The maximum absolute atomic E-state index is 14.0. The molecule has 0 atom stereocenters. The second-order valence-corrected chi connectivity index (χ2v) is 8.57. The molecule has 0 bridgehead atoms. The lowest BCUT2D eigenvalue weighted by Crippen LogP contribution is -2.14. The molecule has 0 spiro atoms. The van der Waals surface area contributed by atoms with E-state index in [1.165, 1.54) is 12.1 Å². The van der Waals surface area contributed by atoms with Crippen molar-refractivity contribution in [3.8, 4) is 5.75 Å². The van der Waals surface area contributed by atoms with Crippen LogP contribution in [0.1, 0.15) is 11.3 Å². The van der Waals surface area contributed by atoms with Gasteiger partial charge in [0.1, 0.15) is 22.4 Å². The highest BCUT2D eigenvalue weighted by Gasteiger charge is 2.13. The van der Waals surface area contributed by atoms with Crippen LogP contribution >= 0.6 is 43.6 Å². The molecular weight excluding hydrogens is 514 g/mol. The summed E-state index contributed by atoms with van der Waals surface area (Å²) in [6.07, 6.45) is 0. The summed E-state index contributed by atoms with van der Waals surface area (Å²) in [5.41, 5.74) is 1.92. The van der Waals surface area contributed by atoms with Crippen molar-refractivity contribution in [1.82, 2.24) is 10.3 Å². The first-order valence-corrected chi connectivity index (χ1v) is 10.7. The van der Waals surface area contributed by atoms with Crippen LogP contribution < -0.4 is 10.1 Å². The van der Waals surface area contributed by atoms with Gasteiger partial charge in [0.15, 0.2) is 0 Å². The summed E-state index contributed by atoms with van der Waals surface area (Å²) >= 11 is 8.11. The number of nitrogens with zero attached hydrogens (tertiary/aromatic N) is 1. The molecule has 0 saturated carbocycles. The Labute approximate surface area is 183 Å². The number of rotatable bonds is 7. The SMILES string of the molecule is COc1ccc(CNCc2nc(Sc3ccc(F)cc3F)c(Br)cc2Br)cc1. The van der Waals surface area contributed by atoms with Gasteiger partial charge < -0.3 is 10.1 Å². The minimum atomic E-state index is -0.610. The van der Waals surface area contributed by atoms with Crippen LogP contribution in [0.4, 0.5) is 8.78 Å². The minimum absolute atomic E-state index is 0.314. The summed E-state index contributed by atoms with van der Waals surface area (Å²) in [7, 11) is 1.64. The molecule has 3 nitrogen and oxygen atoms in total. The van der Waals surface area contributed by atoms with E-state index >= 15 is 0 Å². The maximum atomic E-state index is 14.0. The minimum Gasteiger partial charge on any atom is -0.497 e. The van der Waals surface area contributed by atoms with Crippen LogP contribution in [0.2, 0.25) is 0 Å². The maximum Gasteiger partial charge on any atom is 0.140 e. The molecule has 0 saturated heterocycles. The van der Waals surface area contributed by atoms with Crippen LogP contribution in [0.5, 0.6) is 5.75 Å². The molecule has 0 fully saturated rings. The van der Waals surface area contributed by atoms with Gasteiger partial charge in [0.2, 0.25) is 0 Å². The third-order valence-electron chi connectivity index (χ3n) is 3.85. The third kappa shape index (κ3) is 5.53. The predicted octanol–water partition coefficient (Wildman–Crippen LogP) is 6.33. The van der Waals surface area contributed by atoms with Crippen LogP contribution in [0, 0.1) is 11.6 Å². The number of halogens is 4. The van der Waals surface area contributed by atoms with Crippen molar-refractivity contribution < 1.29 is 13.5 Å². The van der Waals surface area contributed by atoms with Crippen molar-refractivity contribution in [1.29, 1.82) is 0 Å². The quantitative estimate of drug-likeness (QED) is 0.387. The number of methoxy groups -OCH3 is 1. The van der Waals surface area contributed by atoms with E-state index in [2.05, 4.69) is 42.2 Å². The van der Waals surface area contributed by atoms with E-state index in [1.54, 1.807) is 7.11 Å². The zero-order valence-corrected chi connectivity index (χ0v) is 18.8. The third-order valence-corrected chi connectivity index (χ3v) is 6.46. The Balaban J connectivity index is 1.69. The first-order chi connectivity index (χ1) is 13.5. The van der Waals surface area contributed by atoms with Crippen LogP contribution in [0.25, 0.3) is 0 Å². The van der Waals surface area contributed by atoms with Gasteiger partial charge in [-0.25, -0.2) is 13.8 Å². The van der Waals surface area contributed by atoms with E-state index in [0.29, 0.717) is 23.0 Å². The van der Waals surface area contributed by atoms with Crippen LogP contribution in [-0.4, -0.2) is 12.1 Å². The highest BCUT2D eigenvalue weighted by atomic mass is 79.9. The van der Waals surface area contributed by atoms with E-state index in [-0.39, 0.29) is 0 Å². The molecule has 0 radical (unpaired) electrons. The number of nitrogens with one attached hydrogen (secondary N) is 1. The van der Waals surface area contributed by atoms with Crippen molar-refractivity contribution in [2.24, 2.45) is 0 Å². The molecule has 28 heavy (non-hydrogen) atoms. The molecule has 146 valence electrons. The number of ether oxygens (including phenoxy) is 1. The van der Waals surface area contributed by atoms with Crippen molar-refractivity contribution in [2.45, 2.75) is 23.0 Å². The molecule has 8 heteroatoms. The number of aromatic nitrogens is 1. The highest BCUT2D eigenvalue weighted by Crippen LogP contribution is 2.35. The lowest BCUT2D eigenvalue weighted by molar-refractivity contribution is 0.414. The first-order valence-electron chi connectivity index (χ1n) is 8.27. The molecule has 1 heterocycles. The van der Waals surface area contributed by atoms with Gasteiger partial charge in [0, 0.05) is 28.5 Å². The molecular formula is C20H16Br2F2N2OS. The van der Waals surface area contributed by atoms with E-state index in [1.807, 2.05) is 30.3 Å². The first kappa shape index (κ1) is 21.2. The number of benzene rings is 2. The Hall–Kier alpha value is -1.48. The van der Waals surface area contributed by atoms with Gasteiger partial charge in [-0.2, -0.15) is 0 Å². The Morgan fingerprint density at radius 3 is 2.43 bits per heavy atom. The van der Waals surface area contributed by atoms with E-state index in [4.69, 9.17) is 4.74 Å². The molecule has 3 aromatic rings. The topological polar surface area (TPSA) is 34.1 Å². The average molecular weight is 530 g/mol. The second kappa shape index (κ2) is 9.82.